The number of aliphatic hydroxyl groups is 2. The molecule has 2 saturated heterocycles. The van der Waals surface area contributed by atoms with E-state index < -0.39 is 29.4 Å². The molecule has 7 heteroatoms. The summed E-state index contributed by atoms with van der Waals surface area (Å²) < 4.78 is 25.0. The van der Waals surface area contributed by atoms with Crippen LogP contribution < -0.4 is 0 Å². The van der Waals surface area contributed by atoms with Crippen LogP contribution in [0.25, 0.3) is 0 Å². The molecule has 39 heavy (non-hydrogen) atoms. The molecule has 0 radical (unpaired) electrons. The molecular weight excluding hydrogens is 496 g/mol. The van der Waals surface area contributed by atoms with Gasteiger partial charge in [-0.1, -0.05) is 49.8 Å². The normalized spacial score (nSPS) is 45.7. The third kappa shape index (κ3) is 6.76. The van der Waals surface area contributed by atoms with Crippen LogP contribution in [0, 0.1) is 17.8 Å². The number of methoxy groups -OCH3 is 1. The molecule has 218 valence electrons. The van der Waals surface area contributed by atoms with Crippen molar-refractivity contribution >= 4 is 5.97 Å². The van der Waals surface area contributed by atoms with E-state index in [1.54, 1.807) is 19.3 Å². The number of aliphatic hydroxyl groups excluding tert-OH is 1. The molecule has 4 rings (SSSR count). The first-order valence-electron chi connectivity index (χ1n) is 14.6. The second-order valence-electron chi connectivity index (χ2n) is 12.4. The predicted molar refractivity (Wildman–Crippen MR) is 150 cm³/mol. The molecule has 0 amide bonds. The van der Waals surface area contributed by atoms with Gasteiger partial charge in [-0.05, 0) is 63.0 Å². The number of carbonyl (C=O) groups is 1. The molecule has 1 spiro atoms. The lowest BCUT2D eigenvalue weighted by Crippen LogP contribution is -2.55. The van der Waals surface area contributed by atoms with Crippen molar-refractivity contribution in [1.29, 1.82) is 0 Å². The van der Waals surface area contributed by atoms with E-state index in [-0.39, 0.29) is 37.3 Å². The number of hydrogen-bond acceptors (Lipinski definition) is 7. The number of ether oxygens (including phenoxy) is 4. The topological polar surface area (TPSA) is 94.5 Å². The highest BCUT2D eigenvalue weighted by Crippen LogP contribution is 2.44. The maximum Gasteiger partial charge on any atom is 0.316 e. The van der Waals surface area contributed by atoms with Gasteiger partial charge in [-0.15, -0.1) is 0 Å². The van der Waals surface area contributed by atoms with E-state index in [0.29, 0.717) is 24.3 Å². The van der Waals surface area contributed by atoms with E-state index in [4.69, 9.17) is 18.9 Å². The van der Waals surface area contributed by atoms with E-state index >= 15 is 0 Å². The average Bonchev–Trinajstić information content (AvgIpc) is 2.88. The Hall–Kier alpha value is -1.77. The minimum atomic E-state index is -1.64. The summed E-state index contributed by atoms with van der Waals surface area (Å²) in [7, 11) is 1.59. The SMILES string of the molecule is CO[C@H]1C[C@]2(O)/C(CO)=C\C=C\C(C)C/C(C)=C/C[C@H]3C[C@H](C[C@]4(CC[C@@H](C)[C@H](C)O4)O3)OC(=O)[C@@H]2C=C1C. The van der Waals surface area contributed by atoms with Gasteiger partial charge in [0.1, 0.15) is 17.6 Å². The Morgan fingerprint density at radius 1 is 1.13 bits per heavy atom. The van der Waals surface area contributed by atoms with Crippen molar-refractivity contribution < 1.29 is 34.0 Å². The Bertz CT molecular complexity index is 1010. The van der Waals surface area contributed by atoms with Gasteiger partial charge < -0.3 is 29.2 Å². The molecule has 9 atom stereocenters. The number of hydrogen-bond donors (Lipinski definition) is 2. The van der Waals surface area contributed by atoms with Crippen LogP contribution in [0.5, 0.6) is 0 Å². The summed E-state index contributed by atoms with van der Waals surface area (Å²) in [6.07, 6.45) is 13.3. The molecule has 7 nitrogen and oxygen atoms in total. The van der Waals surface area contributed by atoms with Gasteiger partial charge in [0.15, 0.2) is 5.79 Å². The van der Waals surface area contributed by atoms with Crippen molar-refractivity contribution in [3.05, 3.63) is 47.1 Å². The van der Waals surface area contributed by atoms with Crippen LogP contribution in [0.4, 0.5) is 0 Å². The van der Waals surface area contributed by atoms with Crippen LogP contribution in [0.15, 0.2) is 47.1 Å². The lowest BCUT2D eigenvalue weighted by molar-refractivity contribution is -0.332. The Morgan fingerprint density at radius 2 is 1.90 bits per heavy atom. The van der Waals surface area contributed by atoms with E-state index in [2.05, 4.69) is 39.8 Å². The summed E-state index contributed by atoms with van der Waals surface area (Å²) in [5.74, 6) is -1.55. The van der Waals surface area contributed by atoms with Crippen molar-refractivity contribution in [3.8, 4) is 0 Å². The summed E-state index contributed by atoms with van der Waals surface area (Å²) in [6, 6.07) is 0. The molecule has 0 aromatic carbocycles. The first-order valence-corrected chi connectivity index (χ1v) is 14.6. The van der Waals surface area contributed by atoms with Gasteiger partial charge in [0, 0.05) is 32.8 Å². The van der Waals surface area contributed by atoms with Gasteiger partial charge >= 0.3 is 5.97 Å². The number of rotatable bonds is 2. The van der Waals surface area contributed by atoms with E-state index in [1.165, 1.54) is 5.57 Å². The van der Waals surface area contributed by atoms with Crippen molar-refractivity contribution in [2.24, 2.45) is 17.8 Å². The molecule has 3 aliphatic heterocycles. The van der Waals surface area contributed by atoms with Crippen LogP contribution in [-0.4, -0.2) is 65.7 Å². The van der Waals surface area contributed by atoms with Crippen LogP contribution >= 0.6 is 0 Å². The minimum Gasteiger partial charge on any atom is -0.462 e. The second-order valence-corrected chi connectivity index (χ2v) is 12.4. The summed E-state index contributed by atoms with van der Waals surface area (Å²) in [4.78, 5) is 13.9. The molecule has 0 aromatic rings. The van der Waals surface area contributed by atoms with Crippen molar-refractivity contribution in [2.75, 3.05) is 13.7 Å². The van der Waals surface area contributed by atoms with Gasteiger partial charge in [0.25, 0.3) is 0 Å². The zero-order valence-corrected chi connectivity index (χ0v) is 24.5. The highest BCUT2D eigenvalue weighted by Gasteiger charge is 2.51. The zero-order chi connectivity index (χ0) is 28.4. The Balaban J connectivity index is 1.73. The predicted octanol–water partition coefficient (Wildman–Crippen LogP) is 5.17. The van der Waals surface area contributed by atoms with Crippen LogP contribution in [0.3, 0.4) is 0 Å². The highest BCUT2D eigenvalue weighted by atomic mass is 16.7. The summed E-state index contributed by atoms with van der Waals surface area (Å²) in [5.41, 5.74) is 0.863. The molecule has 1 aliphatic carbocycles. The number of fused-ring (bicyclic) bond motifs is 3. The molecule has 0 aromatic heterocycles. The van der Waals surface area contributed by atoms with E-state index in [1.807, 2.05) is 13.0 Å². The van der Waals surface area contributed by atoms with Crippen molar-refractivity contribution in [2.45, 2.75) is 115 Å². The maximum absolute atomic E-state index is 13.9. The second kappa shape index (κ2) is 12.4. The largest absolute Gasteiger partial charge is 0.462 e. The monoisotopic (exact) mass is 544 g/mol. The molecule has 0 saturated carbocycles. The molecule has 3 heterocycles. The average molecular weight is 545 g/mol. The van der Waals surface area contributed by atoms with Crippen LogP contribution in [0.1, 0.15) is 79.6 Å². The van der Waals surface area contributed by atoms with Gasteiger partial charge in [0.2, 0.25) is 0 Å². The lowest BCUT2D eigenvalue weighted by atomic mass is 9.71. The van der Waals surface area contributed by atoms with E-state index in [9.17, 15) is 15.0 Å². The summed E-state index contributed by atoms with van der Waals surface area (Å²) in [6.45, 7) is 10.1. The van der Waals surface area contributed by atoms with Crippen molar-refractivity contribution in [1.82, 2.24) is 0 Å². The maximum atomic E-state index is 13.9. The van der Waals surface area contributed by atoms with Gasteiger partial charge in [-0.2, -0.15) is 0 Å². The standard InChI is InChI=1S/C32H48O7/c1-20-8-7-9-25(19-33)32(35)18-29(36-6)23(4)15-28(32)30(34)37-27-16-26(11-10-21(2)14-20)39-31(17-27)13-12-22(3)24(5)38-31/h7-10,15,20,22,24,26-29,33,35H,11-14,16-19H2,1-6H3/b8-7+,21-10+,25-9-/t20?,22-,24+,26+,27-,28+,29+,31+,32+/m1/s1. The number of esters is 1. The molecule has 2 fully saturated rings. The Morgan fingerprint density at radius 3 is 2.59 bits per heavy atom. The zero-order valence-electron chi connectivity index (χ0n) is 24.5. The molecular formula is C32H48O7. The van der Waals surface area contributed by atoms with Gasteiger partial charge in [0.05, 0.1) is 24.9 Å². The molecule has 2 N–H and O–H groups in total. The first kappa shape index (κ1) is 30.2. The Labute approximate surface area is 233 Å². The van der Waals surface area contributed by atoms with Crippen molar-refractivity contribution in [3.63, 3.8) is 0 Å². The van der Waals surface area contributed by atoms with Crippen LogP contribution in [0.2, 0.25) is 0 Å². The lowest BCUT2D eigenvalue weighted by Gasteiger charge is -2.49. The van der Waals surface area contributed by atoms with Gasteiger partial charge in [-0.3, -0.25) is 4.79 Å². The molecule has 4 aliphatic rings. The van der Waals surface area contributed by atoms with Crippen LogP contribution in [-0.2, 0) is 23.7 Å². The fourth-order valence-electron chi connectivity index (χ4n) is 6.66. The number of carbonyl (C=O) groups excluding carboxylic acids is 1. The summed E-state index contributed by atoms with van der Waals surface area (Å²) >= 11 is 0. The fourth-order valence-corrected chi connectivity index (χ4v) is 6.66. The quantitative estimate of drug-likeness (QED) is 0.366. The summed E-state index contributed by atoms with van der Waals surface area (Å²) in [5, 5.41) is 22.4. The Kier molecular flexibility index (Phi) is 9.60. The highest BCUT2D eigenvalue weighted by molar-refractivity contribution is 5.78. The number of allylic oxidation sites excluding steroid dienone is 4. The van der Waals surface area contributed by atoms with E-state index in [0.717, 1.165) is 31.3 Å². The third-order valence-corrected chi connectivity index (χ3v) is 9.23. The first-order chi connectivity index (χ1) is 18.5. The third-order valence-electron chi connectivity index (χ3n) is 9.23. The molecule has 2 bridgehead atoms. The minimum absolute atomic E-state index is 0.0499. The molecule has 1 unspecified atom stereocenters. The fraction of sp³-hybridized carbons (Fsp3) is 0.719. The smallest absolute Gasteiger partial charge is 0.316 e. The van der Waals surface area contributed by atoms with Gasteiger partial charge in [-0.25, -0.2) is 0 Å².